The van der Waals surface area contributed by atoms with Crippen LogP contribution in [0.1, 0.15) is 16.1 Å². The maximum absolute atomic E-state index is 14.1. The molecule has 2 aromatic carbocycles. The van der Waals surface area contributed by atoms with E-state index in [0.717, 1.165) is 37.4 Å². The van der Waals surface area contributed by atoms with Gasteiger partial charge in [0.1, 0.15) is 23.0 Å². The highest BCUT2D eigenvalue weighted by Crippen LogP contribution is 2.34. The van der Waals surface area contributed by atoms with Gasteiger partial charge in [0.05, 0.1) is 0 Å². The summed E-state index contributed by atoms with van der Waals surface area (Å²) in [6.45, 7) is 0. The van der Waals surface area contributed by atoms with Crippen molar-refractivity contribution in [2.24, 2.45) is 7.05 Å². The van der Waals surface area contributed by atoms with Gasteiger partial charge in [-0.1, -0.05) is 0 Å². The lowest BCUT2D eigenvalue weighted by molar-refractivity contribution is -0.141. The third kappa shape index (κ3) is 3.93. The van der Waals surface area contributed by atoms with Crippen molar-refractivity contribution >= 4 is 11.6 Å². The summed E-state index contributed by atoms with van der Waals surface area (Å²) in [5.41, 5.74) is -4.07. The van der Waals surface area contributed by atoms with Gasteiger partial charge in [0.2, 0.25) is 5.95 Å². The van der Waals surface area contributed by atoms with Crippen molar-refractivity contribution in [1.29, 1.82) is 0 Å². The molecule has 4 nitrogen and oxygen atoms in total. The van der Waals surface area contributed by atoms with E-state index in [1.165, 1.54) is 0 Å². The molecule has 152 valence electrons. The van der Waals surface area contributed by atoms with Crippen LogP contribution < -0.4 is 5.32 Å². The Labute approximate surface area is 158 Å². The smallest absolute Gasteiger partial charge is 0.321 e. The summed E-state index contributed by atoms with van der Waals surface area (Å²) >= 11 is 0. The average molecular weight is 417 g/mol. The molecule has 0 aliphatic rings. The molecule has 0 aliphatic heterocycles. The maximum atomic E-state index is 14.1. The van der Waals surface area contributed by atoms with E-state index < -0.39 is 46.7 Å². The van der Waals surface area contributed by atoms with E-state index in [2.05, 4.69) is 5.10 Å². The number of carbonyl (C=O) groups is 1. The molecule has 0 spiro atoms. The number of amides is 1. The number of nitrogens with one attached hydrogen (secondary N) is 1. The standard InChI is InChI=1S/C18H10F7N3O/c1-28-16(22)14(15(27-28)18(23,24)25)17(29)26-13-5-3-8(19)6-11(13)10-4-2-9(20)7-12(10)21/h2-7H,1H3,(H,26,29). The van der Waals surface area contributed by atoms with Crippen molar-refractivity contribution in [3.8, 4) is 11.1 Å². The van der Waals surface area contributed by atoms with Gasteiger partial charge in [0, 0.05) is 29.9 Å². The lowest BCUT2D eigenvalue weighted by Gasteiger charge is -2.13. The van der Waals surface area contributed by atoms with E-state index in [-0.39, 0.29) is 21.5 Å². The molecule has 1 N–H and O–H groups in total. The van der Waals surface area contributed by atoms with Crippen molar-refractivity contribution in [2.45, 2.75) is 6.18 Å². The molecular formula is C18H10F7N3O. The number of aromatic nitrogens is 2. The van der Waals surface area contributed by atoms with Gasteiger partial charge >= 0.3 is 6.18 Å². The quantitative estimate of drug-likeness (QED) is 0.616. The van der Waals surface area contributed by atoms with Gasteiger partial charge in [-0.05, 0) is 30.3 Å². The number of benzene rings is 2. The van der Waals surface area contributed by atoms with Crippen molar-refractivity contribution in [3.63, 3.8) is 0 Å². The lowest BCUT2D eigenvalue weighted by atomic mass is 10.0. The molecule has 0 bridgehead atoms. The average Bonchev–Trinajstić information content (AvgIpc) is 2.92. The van der Waals surface area contributed by atoms with Crippen molar-refractivity contribution in [3.05, 3.63) is 71.1 Å². The van der Waals surface area contributed by atoms with Crippen LogP contribution in [0.3, 0.4) is 0 Å². The number of nitrogens with zero attached hydrogens (tertiary/aromatic N) is 2. The van der Waals surface area contributed by atoms with Gasteiger partial charge in [-0.2, -0.15) is 22.7 Å². The minimum atomic E-state index is -5.12. The van der Waals surface area contributed by atoms with E-state index >= 15 is 0 Å². The van der Waals surface area contributed by atoms with E-state index in [1.807, 2.05) is 5.32 Å². The van der Waals surface area contributed by atoms with E-state index in [0.29, 0.717) is 6.07 Å². The molecule has 29 heavy (non-hydrogen) atoms. The number of carbonyl (C=O) groups excluding carboxylic acids is 1. The molecule has 0 fully saturated rings. The normalized spacial score (nSPS) is 11.6. The zero-order chi connectivity index (χ0) is 21.5. The maximum Gasteiger partial charge on any atom is 0.436 e. The summed E-state index contributed by atoms with van der Waals surface area (Å²) in [6.07, 6.45) is -5.12. The van der Waals surface area contributed by atoms with Crippen molar-refractivity contribution < 1.29 is 35.5 Å². The molecule has 0 unspecified atom stereocenters. The van der Waals surface area contributed by atoms with Gasteiger partial charge in [-0.3, -0.25) is 4.79 Å². The molecule has 1 amide bonds. The number of anilines is 1. The van der Waals surface area contributed by atoms with Crippen LogP contribution in [0.15, 0.2) is 36.4 Å². The Kier molecular flexibility index (Phi) is 5.07. The monoisotopic (exact) mass is 417 g/mol. The zero-order valence-electron chi connectivity index (χ0n) is 14.4. The largest absolute Gasteiger partial charge is 0.436 e. The second-order valence-electron chi connectivity index (χ2n) is 5.90. The van der Waals surface area contributed by atoms with Crippen molar-refractivity contribution in [2.75, 3.05) is 5.32 Å². The highest BCUT2D eigenvalue weighted by Gasteiger charge is 2.41. The number of aryl methyl sites for hydroxylation is 1. The Morgan fingerprint density at radius 1 is 0.966 bits per heavy atom. The van der Waals surface area contributed by atoms with Crippen LogP contribution in [0, 0.1) is 23.4 Å². The minimum absolute atomic E-state index is 0.239. The van der Waals surface area contributed by atoms with Crippen LogP contribution in [0.4, 0.5) is 36.4 Å². The summed E-state index contributed by atoms with van der Waals surface area (Å²) in [5.74, 6) is -5.95. The van der Waals surface area contributed by atoms with Gasteiger partial charge in [-0.25, -0.2) is 17.9 Å². The molecule has 0 radical (unpaired) electrons. The SMILES string of the molecule is Cn1nc(C(F)(F)F)c(C(=O)Nc2ccc(F)cc2-c2ccc(F)cc2F)c1F. The second-order valence-corrected chi connectivity index (χ2v) is 5.90. The fourth-order valence-electron chi connectivity index (χ4n) is 2.64. The first-order chi connectivity index (χ1) is 13.5. The van der Waals surface area contributed by atoms with Crippen LogP contribution >= 0.6 is 0 Å². The fourth-order valence-corrected chi connectivity index (χ4v) is 2.64. The van der Waals surface area contributed by atoms with Crippen LogP contribution in [-0.2, 0) is 13.2 Å². The van der Waals surface area contributed by atoms with E-state index in [1.54, 1.807) is 0 Å². The van der Waals surface area contributed by atoms with Crippen LogP contribution in [0.25, 0.3) is 11.1 Å². The lowest BCUT2D eigenvalue weighted by Crippen LogP contribution is -2.19. The molecule has 11 heteroatoms. The van der Waals surface area contributed by atoms with Gasteiger partial charge in [0.25, 0.3) is 5.91 Å². The molecule has 1 aromatic heterocycles. The first-order valence-electron chi connectivity index (χ1n) is 7.85. The molecule has 1 heterocycles. The Balaban J connectivity index is 2.08. The summed E-state index contributed by atoms with van der Waals surface area (Å²) < 4.78 is 94.4. The van der Waals surface area contributed by atoms with Crippen LogP contribution in [0.2, 0.25) is 0 Å². The molecular weight excluding hydrogens is 407 g/mol. The Morgan fingerprint density at radius 3 is 2.21 bits per heavy atom. The topological polar surface area (TPSA) is 46.9 Å². The van der Waals surface area contributed by atoms with Gasteiger partial charge < -0.3 is 5.32 Å². The second kappa shape index (κ2) is 7.22. The van der Waals surface area contributed by atoms with Crippen LogP contribution in [0.5, 0.6) is 0 Å². The summed E-state index contributed by atoms with van der Waals surface area (Å²) in [4.78, 5) is 12.4. The summed E-state index contributed by atoms with van der Waals surface area (Å²) in [7, 11) is 0.874. The van der Waals surface area contributed by atoms with E-state index in [4.69, 9.17) is 0 Å². The molecule has 3 aromatic rings. The van der Waals surface area contributed by atoms with Crippen LogP contribution in [-0.4, -0.2) is 15.7 Å². The summed E-state index contributed by atoms with van der Waals surface area (Å²) in [5, 5.41) is 4.96. The molecule has 0 aliphatic carbocycles. The zero-order valence-corrected chi connectivity index (χ0v) is 14.4. The summed E-state index contributed by atoms with van der Waals surface area (Å²) in [6, 6.07) is 4.93. The minimum Gasteiger partial charge on any atom is -0.321 e. The fraction of sp³-hybridized carbons (Fsp3) is 0.111. The van der Waals surface area contributed by atoms with Gasteiger partial charge in [-0.15, -0.1) is 0 Å². The predicted molar refractivity (Wildman–Crippen MR) is 87.9 cm³/mol. The molecule has 0 saturated heterocycles. The third-order valence-corrected chi connectivity index (χ3v) is 3.92. The highest BCUT2D eigenvalue weighted by atomic mass is 19.4. The molecule has 0 atom stereocenters. The Bertz CT molecular complexity index is 1110. The molecule has 3 rings (SSSR count). The number of halogens is 7. The van der Waals surface area contributed by atoms with E-state index in [9.17, 15) is 35.5 Å². The predicted octanol–water partition coefficient (Wildman–Crippen LogP) is 4.91. The highest BCUT2D eigenvalue weighted by molar-refractivity contribution is 6.07. The molecule has 0 saturated carbocycles. The Morgan fingerprint density at radius 2 is 1.59 bits per heavy atom. The first-order valence-corrected chi connectivity index (χ1v) is 7.85. The number of hydrogen-bond acceptors (Lipinski definition) is 2. The number of rotatable bonds is 3. The van der Waals surface area contributed by atoms with Gasteiger partial charge in [0.15, 0.2) is 5.69 Å². The first kappa shape index (κ1) is 20.4. The number of hydrogen-bond donors (Lipinski definition) is 1. The Hall–Kier alpha value is -3.37. The van der Waals surface area contributed by atoms with Crippen molar-refractivity contribution in [1.82, 2.24) is 9.78 Å². The third-order valence-electron chi connectivity index (χ3n) is 3.92. The number of alkyl halides is 3.